The van der Waals surface area contributed by atoms with E-state index in [0.717, 1.165) is 6.42 Å². The van der Waals surface area contributed by atoms with Crippen LogP contribution in [0, 0.1) is 5.92 Å². The molecule has 0 aromatic heterocycles. The van der Waals surface area contributed by atoms with Gasteiger partial charge in [-0.05, 0) is 19.3 Å². The molecule has 2 atom stereocenters. The molecule has 2 heteroatoms. The van der Waals surface area contributed by atoms with Crippen LogP contribution in [-0.2, 0) is 4.79 Å². The van der Waals surface area contributed by atoms with Crippen molar-refractivity contribution in [1.29, 1.82) is 0 Å². The molecule has 2 unspecified atom stereocenters. The summed E-state index contributed by atoms with van der Waals surface area (Å²) in [6.07, 6.45) is 3.18. The minimum atomic E-state index is -0.239. The fourth-order valence-electron chi connectivity index (χ4n) is 1.21. The first-order valence-corrected chi connectivity index (χ1v) is 4.34. The third-order valence-electron chi connectivity index (χ3n) is 1.96. The number of hydrogen-bond donors (Lipinski definition) is 1. The molecule has 2 N–H and O–H groups in total. The van der Waals surface area contributed by atoms with Crippen LogP contribution in [0.3, 0.4) is 0 Å². The number of rotatable bonds is 5. The van der Waals surface area contributed by atoms with Crippen molar-refractivity contribution in [3.8, 4) is 0 Å². The summed E-state index contributed by atoms with van der Waals surface area (Å²) >= 11 is 0. The van der Waals surface area contributed by atoms with Crippen molar-refractivity contribution >= 4 is 5.78 Å². The molecule has 0 aliphatic heterocycles. The van der Waals surface area contributed by atoms with Gasteiger partial charge in [-0.3, -0.25) is 4.79 Å². The van der Waals surface area contributed by atoms with Crippen molar-refractivity contribution in [1.82, 2.24) is 0 Å². The second kappa shape index (κ2) is 5.30. The Bertz CT molecular complexity index is 123. The van der Waals surface area contributed by atoms with Crippen LogP contribution in [0.4, 0.5) is 0 Å². The molecule has 0 amide bonds. The van der Waals surface area contributed by atoms with Crippen molar-refractivity contribution < 1.29 is 4.79 Å². The zero-order valence-electron chi connectivity index (χ0n) is 7.76. The van der Waals surface area contributed by atoms with Crippen molar-refractivity contribution in [2.75, 3.05) is 0 Å². The second-order valence-corrected chi connectivity index (χ2v) is 3.35. The second-order valence-electron chi connectivity index (χ2n) is 3.35. The van der Waals surface area contributed by atoms with Gasteiger partial charge in [-0.2, -0.15) is 0 Å². The van der Waals surface area contributed by atoms with E-state index in [1.54, 1.807) is 6.92 Å². The van der Waals surface area contributed by atoms with Crippen LogP contribution in [0.2, 0.25) is 0 Å². The van der Waals surface area contributed by atoms with Crippen LogP contribution in [0.1, 0.15) is 40.0 Å². The summed E-state index contributed by atoms with van der Waals surface area (Å²) in [5, 5.41) is 0. The van der Waals surface area contributed by atoms with E-state index in [4.69, 9.17) is 5.73 Å². The molecule has 0 fully saturated rings. The molecule has 0 aliphatic carbocycles. The Morgan fingerprint density at radius 1 is 1.55 bits per heavy atom. The van der Waals surface area contributed by atoms with E-state index in [1.807, 2.05) is 0 Å². The molecule has 0 aromatic carbocycles. The highest BCUT2D eigenvalue weighted by Crippen LogP contribution is 2.11. The number of ketones is 1. The van der Waals surface area contributed by atoms with Gasteiger partial charge in [0.15, 0.2) is 0 Å². The number of Topliss-reactive ketones (excluding diaryl/α,β-unsaturated/α-hetero) is 1. The Hall–Kier alpha value is -0.370. The molecule has 0 aliphatic rings. The molecule has 0 saturated carbocycles. The van der Waals surface area contributed by atoms with Crippen LogP contribution in [0.25, 0.3) is 0 Å². The maximum absolute atomic E-state index is 10.8. The van der Waals surface area contributed by atoms with E-state index in [1.165, 1.54) is 12.8 Å². The molecule has 0 heterocycles. The van der Waals surface area contributed by atoms with Gasteiger partial charge >= 0.3 is 0 Å². The van der Waals surface area contributed by atoms with Crippen molar-refractivity contribution in [2.24, 2.45) is 11.7 Å². The average Bonchev–Trinajstić information content (AvgIpc) is 1.87. The first-order chi connectivity index (χ1) is 5.07. The summed E-state index contributed by atoms with van der Waals surface area (Å²) in [5.41, 5.74) is 5.60. The van der Waals surface area contributed by atoms with Crippen LogP contribution >= 0.6 is 0 Å². The van der Waals surface area contributed by atoms with Crippen LogP contribution in [0.5, 0.6) is 0 Å². The standard InChI is InChI=1S/C9H19NO/c1-4-5-7(2)6-9(10)8(3)11/h7,9H,4-6,10H2,1-3H3. The zero-order chi connectivity index (χ0) is 8.85. The first-order valence-electron chi connectivity index (χ1n) is 4.34. The third kappa shape index (κ3) is 4.96. The van der Waals surface area contributed by atoms with Crippen LogP contribution < -0.4 is 5.73 Å². The first kappa shape index (κ1) is 10.6. The van der Waals surface area contributed by atoms with E-state index in [9.17, 15) is 4.79 Å². The fourth-order valence-corrected chi connectivity index (χ4v) is 1.21. The maximum atomic E-state index is 10.8. The summed E-state index contributed by atoms with van der Waals surface area (Å²) in [6.45, 7) is 5.85. The number of carbonyl (C=O) groups is 1. The molecular formula is C9H19NO. The molecule has 0 bridgehead atoms. The summed E-state index contributed by atoms with van der Waals surface area (Å²) < 4.78 is 0. The molecular weight excluding hydrogens is 138 g/mol. The topological polar surface area (TPSA) is 43.1 Å². The van der Waals surface area contributed by atoms with E-state index in [2.05, 4.69) is 13.8 Å². The SMILES string of the molecule is CCCC(C)CC(N)C(C)=O. The van der Waals surface area contributed by atoms with E-state index in [0.29, 0.717) is 5.92 Å². The maximum Gasteiger partial charge on any atom is 0.146 e. The molecule has 2 nitrogen and oxygen atoms in total. The fraction of sp³-hybridized carbons (Fsp3) is 0.889. The Kier molecular flexibility index (Phi) is 5.12. The Labute approximate surface area is 69.2 Å². The summed E-state index contributed by atoms with van der Waals surface area (Å²) in [6, 6.07) is -0.239. The lowest BCUT2D eigenvalue weighted by molar-refractivity contribution is -0.118. The molecule has 0 rings (SSSR count). The average molecular weight is 157 g/mol. The highest BCUT2D eigenvalue weighted by molar-refractivity contribution is 5.81. The van der Waals surface area contributed by atoms with Crippen molar-refractivity contribution in [3.05, 3.63) is 0 Å². The van der Waals surface area contributed by atoms with Crippen LogP contribution in [-0.4, -0.2) is 11.8 Å². The van der Waals surface area contributed by atoms with Gasteiger partial charge < -0.3 is 5.73 Å². The van der Waals surface area contributed by atoms with Gasteiger partial charge in [-0.25, -0.2) is 0 Å². The molecule has 0 radical (unpaired) electrons. The lowest BCUT2D eigenvalue weighted by Gasteiger charge is -2.13. The number of nitrogens with two attached hydrogens (primary N) is 1. The van der Waals surface area contributed by atoms with Gasteiger partial charge in [0.25, 0.3) is 0 Å². The van der Waals surface area contributed by atoms with E-state index >= 15 is 0 Å². The Morgan fingerprint density at radius 3 is 2.45 bits per heavy atom. The molecule has 0 aromatic rings. The Balaban J connectivity index is 3.56. The molecule has 66 valence electrons. The van der Waals surface area contributed by atoms with Crippen molar-refractivity contribution in [3.63, 3.8) is 0 Å². The number of carbonyl (C=O) groups excluding carboxylic acids is 1. The van der Waals surface area contributed by atoms with E-state index < -0.39 is 0 Å². The van der Waals surface area contributed by atoms with Crippen molar-refractivity contribution in [2.45, 2.75) is 46.1 Å². The predicted molar refractivity (Wildman–Crippen MR) is 47.3 cm³/mol. The summed E-state index contributed by atoms with van der Waals surface area (Å²) in [7, 11) is 0. The lowest BCUT2D eigenvalue weighted by atomic mass is 9.96. The van der Waals surface area contributed by atoms with Crippen LogP contribution in [0.15, 0.2) is 0 Å². The minimum absolute atomic E-state index is 0.105. The smallest absolute Gasteiger partial charge is 0.146 e. The highest BCUT2D eigenvalue weighted by Gasteiger charge is 2.11. The van der Waals surface area contributed by atoms with Gasteiger partial charge in [0, 0.05) is 0 Å². The van der Waals surface area contributed by atoms with Gasteiger partial charge in [-0.15, -0.1) is 0 Å². The summed E-state index contributed by atoms with van der Waals surface area (Å²) in [4.78, 5) is 10.8. The van der Waals surface area contributed by atoms with Gasteiger partial charge in [0.1, 0.15) is 5.78 Å². The highest BCUT2D eigenvalue weighted by atomic mass is 16.1. The third-order valence-corrected chi connectivity index (χ3v) is 1.96. The number of hydrogen-bond acceptors (Lipinski definition) is 2. The quantitative estimate of drug-likeness (QED) is 0.660. The summed E-state index contributed by atoms with van der Waals surface area (Å²) in [5.74, 6) is 0.687. The molecule has 11 heavy (non-hydrogen) atoms. The van der Waals surface area contributed by atoms with E-state index in [-0.39, 0.29) is 11.8 Å². The predicted octanol–water partition coefficient (Wildman–Crippen LogP) is 1.73. The Morgan fingerprint density at radius 2 is 2.09 bits per heavy atom. The molecule has 0 saturated heterocycles. The zero-order valence-corrected chi connectivity index (χ0v) is 7.76. The monoisotopic (exact) mass is 157 g/mol. The van der Waals surface area contributed by atoms with Gasteiger partial charge in [0.05, 0.1) is 6.04 Å². The van der Waals surface area contributed by atoms with Gasteiger partial charge in [0.2, 0.25) is 0 Å². The molecule has 0 spiro atoms. The lowest BCUT2D eigenvalue weighted by Crippen LogP contribution is -2.30. The normalized spacial score (nSPS) is 16.0. The minimum Gasteiger partial charge on any atom is -0.322 e. The largest absolute Gasteiger partial charge is 0.322 e. The van der Waals surface area contributed by atoms with Gasteiger partial charge in [-0.1, -0.05) is 26.7 Å².